The number of ether oxygens (including phenoxy) is 3. The molecule has 6 aromatic rings. The lowest BCUT2D eigenvalue weighted by molar-refractivity contribution is -0.138. The van der Waals surface area contributed by atoms with Gasteiger partial charge in [-0.15, -0.1) is 0 Å². The Labute approximate surface area is 362 Å². The van der Waals surface area contributed by atoms with Crippen LogP contribution in [0.4, 0.5) is 0 Å². The van der Waals surface area contributed by atoms with Crippen molar-refractivity contribution in [1.29, 1.82) is 0 Å². The molecule has 0 bridgehead atoms. The number of carboxylic acid groups (broad SMARTS) is 2. The SMILES string of the molecule is COc1ccccc1-c1nc(C(=O)N[C@@H](CC(=O)O)c2ccccc2Cl)ccc1OC.COc1ncc(C(=O)N[C@@H](CC(=O)O)c2ccccc2Cl)cc1-c1ccccc1C. The molecule has 2 aromatic heterocycles. The average molecular weight is 866 g/mol. The van der Waals surface area contributed by atoms with Crippen molar-refractivity contribution in [3.05, 3.63) is 159 Å². The number of aliphatic carboxylic acids is 2. The van der Waals surface area contributed by atoms with Gasteiger partial charge in [-0.1, -0.05) is 96.0 Å². The summed E-state index contributed by atoms with van der Waals surface area (Å²) in [7, 11) is 4.57. The van der Waals surface area contributed by atoms with Crippen molar-refractivity contribution < 1.29 is 43.6 Å². The lowest BCUT2D eigenvalue weighted by Gasteiger charge is -2.19. The van der Waals surface area contributed by atoms with Crippen LogP contribution in [0.3, 0.4) is 0 Å². The van der Waals surface area contributed by atoms with Crippen LogP contribution in [0.5, 0.6) is 17.4 Å². The van der Waals surface area contributed by atoms with Crippen molar-refractivity contribution >= 4 is 47.0 Å². The third-order valence-corrected chi connectivity index (χ3v) is 10.0. The van der Waals surface area contributed by atoms with Gasteiger partial charge < -0.3 is 35.1 Å². The zero-order valence-electron chi connectivity index (χ0n) is 33.5. The molecule has 2 heterocycles. The molecular weight excluding hydrogens is 823 g/mol. The van der Waals surface area contributed by atoms with Gasteiger partial charge in [0.2, 0.25) is 5.88 Å². The van der Waals surface area contributed by atoms with Gasteiger partial charge in [-0.05, 0) is 71.6 Å². The molecule has 0 aliphatic carbocycles. The Balaban J connectivity index is 0.000000231. The van der Waals surface area contributed by atoms with E-state index in [4.69, 9.17) is 37.4 Å². The summed E-state index contributed by atoms with van der Waals surface area (Å²) in [6, 6.07) is 31.8. The molecule has 0 saturated carbocycles. The second-order valence-corrected chi connectivity index (χ2v) is 14.1. The van der Waals surface area contributed by atoms with Gasteiger partial charge in [-0.2, -0.15) is 0 Å². The van der Waals surface area contributed by atoms with E-state index in [1.807, 2.05) is 49.4 Å². The standard InChI is InChI=1S/C23H21ClN2O5.C23H21ClN2O4/c1-30-19-10-6-4-8-15(19)22-20(31-2)12-11-17(25-22)23(29)26-18(13-21(27)28)14-7-3-5-9-16(14)24;1-14-7-3-4-8-16(14)18-11-15(13-25-23(18)30-2)22(29)26-20(12-21(27)28)17-9-5-6-10-19(17)24/h3-12,18H,13H2,1-2H3,(H,26,29)(H,27,28);3-11,13,20H,12H2,1-2H3,(H,26,29)(H,27,28)/t18-;20-/m00/s1. The molecule has 6 rings (SSSR count). The van der Waals surface area contributed by atoms with Crippen molar-refractivity contribution in [2.45, 2.75) is 31.8 Å². The highest BCUT2D eigenvalue weighted by Crippen LogP contribution is 2.36. The van der Waals surface area contributed by atoms with Crippen molar-refractivity contribution in [1.82, 2.24) is 20.6 Å². The van der Waals surface area contributed by atoms with Gasteiger partial charge in [0.25, 0.3) is 11.8 Å². The average Bonchev–Trinajstić information content (AvgIpc) is 3.25. The van der Waals surface area contributed by atoms with E-state index >= 15 is 0 Å². The maximum Gasteiger partial charge on any atom is 0.305 e. The molecule has 0 spiro atoms. The van der Waals surface area contributed by atoms with Gasteiger partial charge in [0.1, 0.15) is 22.9 Å². The number of rotatable bonds is 15. The van der Waals surface area contributed by atoms with E-state index in [0.29, 0.717) is 55.4 Å². The summed E-state index contributed by atoms with van der Waals surface area (Å²) < 4.78 is 16.2. The number of hydrogen-bond donors (Lipinski definition) is 4. The molecule has 0 fully saturated rings. The lowest BCUT2D eigenvalue weighted by Crippen LogP contribution is -2.31. The summed E-state index contributed by atoms with van der Waals surface area (Å²) >= 11 is 12.4. The first-order valence-corrected chi connectivity index (χ1v) is 19.4. The topological polar surface area (TPSA) is 186 Å². The number of pyridine rings is 2. The number of aromatic nitrogens is 2. The third kappa shape index (κ3) is 11.6. The summed E-state index contributed by atoms with van der Waals surface area (Å²) in [5.74, 6) is -1.67. The Morgan fingerprint density at radius 3 is 1.69 bits per heavy atom. The van der Waals surface area contributed by atoms with Crippen LogP contribution in [-0.4, -0.2) is 65.3 Å². The first-order chi connectivity index (χ1) is 29.3. The Kier molecular flexibility index (Phi) is 15.8. The number of aryl methyl sites for hydroxylation is 1. The Morgan fingerprint density at radius 1 is 0.623 bits per heavy atom. The van der Waals surface area contributed by atoms with E-state index in [0.717, 1.165) is 11.1 Å². The largest absolute Gasteiger partial charge is 0.496 e. The molecule has 4 aromatic carbocycles. The fourth-order valence-corrected chi connectivity index (χ4v) is 6.93. The van der Waals surface area contributed by atoms with Crippen LogP contribution in [0.15, 0.2) is 121 Å². The minimum Gasteiger partial charge on any atom is -0.496 e. The van der Waals surface area contributed by atoms with Crippen molar-refractivity contribution in [3.8, 4) is 39.8 Å². The van der Waals surface area contributed by atoms with E-state index < -0.39 is 35.8 Å². The van der Waals surface area contributed by atoms with Crippen molar-refractivity contribution in [2.24, 2.45) is 0 Å². The number of hydrogen-bond acceptors (Lipinski definition) is 9. The van der Waals surface area contributed by atoms with Crippen LogP contribution in [0.2, 0.25) is 10.0 Å². The van der Waals surface area contributed by atoms with Crippen LogP contribution < -0.4 is 24.8 Å². The zero-order valence-corrected chi connectivity index (χ0v) is 35.0. The molecule has 0 saturated heterocycles. The maximum absolute atomic E-state index is 13.0. The Bertz CT molecular complexity index is 2530. The first kappa shape index (κ1) is 45.1. The van der Waals surface area contributed by atoms with Gasteiger partial charge in [0.05, 0.1) is 51.8 Å². The van der Waals surface area contributed by atoms with Crippen LogP contribution in [0, 0.1) is 6.92 Å². The highest BCUT2D eigenvalue weighted by Gasteiger charge is 2.24. The predicted octanol–water partition coefficient (Wildman–Crippen LogP) is 9.03. The predicted molar refractivity (Wildman–Crippen MR) is 232 cm³/mol. The summed E-state index contributed by atoms with van der Waals surface area (Å²) in [6.45, 7) is 1.96. The highest BCUT2D eigenvalue weighted by molar-refractivity contribution is 6.31. The molecule has 15 heteroatoms. The van der Waals surface area contributed by atoms with E-state index in [1.165, 1.54) is 26.5 Å². The fraction of sp³-hybridized carbons (Fsp3) is 0.174. The number of para-hydroxylation sites is 1. The van der Waals surface area contributed by atoms with Crippen LogP contribution in [-0.2, 0) is 9.59 Å². The fourth-order valence-electron chi connectivity index (χ4n) is 6.39. The van der Waals surface area contributed by atoms with Gasteiger partial charge >= 0.3 is 11.9 Å². The molecule has 0 unspecified atom stereocenters. The number of methoxy groups -OCH3 is 3. The number of nitrogens with one attached hydrogen (secondary N) is 2. The van der Waals surface area contributed by atoms with Crippen molar-refractivity contribution in [2.75, 3.05) is 21.3 Å². The Morgan fingerprint density at radius 2 is 1.15 bits per heavy atom. The highest BCUT2D eigenvalue weighted by atomic mass is 35.5. The maximum atomic E-state index is 13.0. The molecule has 0 aliphatic rings. The third-order valence-electron chi connectivity index (χ3n) is 9.34. The van der Waals surface area contributed by atoms with Crippen LogP contribution in [0.25, 0.3) is 22.4 Å². The number of amides is 2. The van der Waals surface area contributed by atoms with Gasteiger partial charge in [0.15, 0.2) is 0 Å². The molecule has 0 radical (unpaired) electrons. The minimum atomic E-state index is -1.07. The second kappa shape index (κ2) is 21.3. The van der Waals surface area contributed by atoms with Gasteiger partial charge in [-0.3, -0.25) is 19.2 Å². The Hall–Kier alpha value is -6.96. The first-order valence-electron chi connectivity index (χ1n) is 18.7. The number of carbonyl (C=O) groups excluding carboxylic acids is 2. The number of halogens is 2. The van der Waals surface area contributed by atoms with E-state index in [9.17, 15) is 29.4 Å². The quantitative estimate of drug-likeness (QED) is 0.0772. The molecule has 4 N–H and O–H groups in total. The monoisotopic (exact) mass is 864 g/mol. The number of carbonyl (C=O) groups is 4. The molecule has 0 aliphatic heterocycles. The summed E-state index contributed by atoms with van der Waals surface area (Å²) in [5, 5.41) is 24.8. The minimum absolute atomic E-state index is 0.101. The number of nitrogens with zero attached hydrogens (tertiary/aromatic N) is 2. The van der Waals surface area contributed by atoms with Gasteiger partial charge in [-0.25, -0.2) is 9.97 Å². The van der Waals surface area contributed by atoms with E-state index in [2.05, 4.69) is 20.6 Å². The number of benzene rings is 4. The zero-order chi connectivity index (χ0) is 44.1. The van der Waals surface area contributed by atoms with E-state index in [1.54, 1.807) is 73.8 Å². The summed E-state index contributed by atoms with van der Waals surface area (Å²) in [5.41, 5.74) is 5.11. The molecule has 314 valence electrons. The molecule has 2 atom stereocenters. The molecule has 61 heavy (non-hydrogen) atoms. The lowest BCUT2D eigenvalue weighted by atomic mass is 9.99. The molecular formula is C46H42Cl2N4O9. The van der Waals surface area contributed by atoms with Gasteiger partial charge in [0, 0.05) is 27.4 Å². The second-order valence-electron chi connectivity index (χ2n) is 13.3. The molecule has 13 nitrogen and oxygen atoms in total. The van der Waals surface area contributed by atoms with Crippen LogP contribution in [0.1, 0.15) is 62.5 Å². The summed E-state index contributed by atoms with van der Waals surface area (Å²) in [6.07, 6.45) is 0.773. The van der Waals surface area contributed by atoms with Crippen molar-refractivity contribution in [3.63, 3.8) is 0 Å². The smallest absolute Gasteiger partial charge is 0.305 e. The molecule has 2 amide bonds. The number of carboxylic acids is 2. The normalized spacial score (nSPS) is 11.5. The van der Waals surface area contributed by atoms with E-state index in [-0.39, 0.29) is 24.1 Å². The summed E-state index contributed by atoms with van der Waals surface area (Å²) in [4.78, 5) is 57.4. The van der Waals surface area contributed by atoms with Crippen LogP contribution >= 0.6 is 23.2 Å².